The number of halogens is 2. The zero-order chi connectivity index (χ0) is 27.5. The summed E-state index contributed by atoms with van der Waals surface area (Å²) in [6, 6.07) is 12.1. The summed E-state index contributed by atoms with van der Waals surface area (Å²) in [7, 11) is -0.820. The van der Waals surface area contributed by atoms with E-state index in [9.17, 15) is 9.59 Å². The van der Waals surface area contributed by atoms with E-state index < -0.39 is 20.3 Å². The Morgan fingerprint density at radius 2 is 1.78 bits per heavy atom. The van der Waals surface area contributed by atoms with Gasteiger partial charge in [-0.05, 0) is 59.9 Å². The van der Waals surface area contributed by atoms with Gasteiger partial charge in [-0.25, -0.2) is 4.79 Å². The molecule has 2 aromatic carbocycles. The van der Waals surface area contributed by atoms with Gasteiger partial charge in [-0.2, -0.15) is 0 Å². The Labute approximate surface area is 230 Å². The Kier molecular flexibility index (Phi) is 9.17. The van der Waals surface area contributed by atoms with Crippen molar-refractivity contribution in [3.8, 4) is 0 Å². The summed E-state index contributed by atoms with van der Waals surface area (Å²) in [4.78, 5) is 26.3. The topological polar surface area (TPSA) is 69.6 Å². The minimum absolute atomic E-state index is 0.0307. The van der Waals surface area contributed by atoms with Gasteiger partial charge in [-0.15, -0.1) is 0 Å². The monoisotopic (exact) mass is 562 g/mol. The van der Waals surface area contributed by atoms with Gasteiger partial charge in [0.2, 0.25) is 0 Å². The molecule has 1 aromatic heterocycles. The number of pyridine rings is 1. The average molecular weight is 564 g/mol. The van der Waals surface area contributed by atoms with Crippen molar-refractivity contribution in [1.29, 1.82) is 0 Å². The highest BCUT2D eigenvalue weighted by Gasteiger charge is 2.38. The van der Waals surface area contributed by atoms with Gasteiger partial charge < -0.3 is 14.5 Å². The van der Waals surface area contributed by atoms with Crippen LogP contribution in [-0.4, -0.2) is 39.1 Å². The molecule has 6 nitrogen and oxygen atoms in total. The minimum Gasteiger partial charge on any atom is -0.467 e. The van der Waals surface area contributed by atoms with Gasteiger partial charge in [0, 0.05) is 29.2 Å². The summed E-state index contributed by atoms with van der Waals surface area (Å²) in [5.41, 5.74) is 1.63. The van der Waals surface area contributed by atoms with Gasteiger partial charge in [0.15, 0.2) is 14.4 Å². The number of fused-ring (bicyclic) bond motifs is 1. The van der Waals surface area contributed by atoms with E-state index in [0.29, 0.717) is 22.0 Å². The van der Waals surface area contributed by atoms with Gasteiger partial charge in [0.05, 0.1) is 23.8 Å². The maximum absolute atomic E-state index is 13.5. The molecule has 0 amide bonds. The molecule has 0 fully saturated rings. The quantitative estimate of drug-likeness (QED) is 0.219. The number of benzene rings is 2. The van der Waals surface area contributed by atoms with E-state index in [1.165, 1.54) is 11.7 Å². The number of rotatable bonds is 9. The first kappa shape index (κ1) is 29.2. The Bertz CT molecular complexity index is 1330. The molecular weight excluding hydrogens is 527 g/mol. The highest BCUT2D eigenvalue weighted by atomic mass is 35.5. The molecule has 1 unspecified atom stereocenters. The average Bonchev–Trinajstić information content (AvgIpc) is 2.84. The first-order valence-corrected chi connectivity index (χ1v) is 16.0. The lowest BCUT2D eigenvalue weighted by Gasteiger charge is -2.37. The van der Waals surface area contributed by atoms with Crippen LogP contribution in [0.2, 0.25) is 28.2 Å². The molecular formula is C28H36Cl2N2O4Si. The summed E-state index contributed by atoms with van der Waals surface area (Å²) in [5, 5.41) is 5.76. The zero-order valence-electron chi connectivity index (χ0n) is 22.5. The van der Waals surface area contributed by atoms with Crippen LogP contribution in [0.25, 0.3) is 10.8 Å². The second kappa shape index (κ2) is 11.6. The standard InChI is InChI=1S/C28H36Cl2N2O4Si/c1-18(19-11-12-22(29)23(30)15-19)16-31-24-10-8-9-21-20(24)13-14-32(26(21)33)25(27(34)35-5)17-36-37(6,7)28(2,3)4/h8-15,18,25,31H,16-17H2,1-7H3/t18?,25-/m1/s1. The summed E-state index contributed by atoms with van der Waals surface area (Å²) in [6.07, 6.45) is 1.65. The lowest BCUT2D eigenvalue weighted by Crippen LogP contribution is -2.44. The van der Waals surface area contributed by atoms with Crippen molar-refractivity contribution < 1.29 is 14.0 Å². The van der Waals surface area contributed by atoms with Gasteiger partial charge in [0.1, 0.15) is 0 Å². The van der Waals surface area contributed by atoms with Crippen molar-refractivity contribution in [1.82, 2.24) is 4.57 Å². The van der Waals surface area contributed by atoms with Gasteiger partial charge in [-0.3, -0.25) is 9.36 Å². The predicted molar refractivity (Wildman–Crippen MR) is 156 cm³/mol. The highest BCUT2D eigenvalue weighted by Crippen LogP contribution is 2.37. The normalized spacial score (nSPS) is 13.9. The lowest BCUT2D eigenvalue weighted by atomic mass is 10.0. The molecule has 0 spiro atoms. The lowest BCUT2D eigenvalue weighted by molar-refractivity contribution is -0.145. The molecule has 1 heterocycles. The van der Waals surface area contributed by atoms with E-state index in [1.807, 2.05) is 30.3 Å². The molecule has 9 heteroatoms. The van der Waals surface area contributed by atoms with Crippen molar-refractivity contribution >= 4 is 53.9 Å². The van der Waals surface area contributed by atoms with Crippen molar-refractivity contribution in [3.05, 3.63) is 74.6 Å². The summed E-state index contributed by atoms with van der Waals surface area (Å²) in [6.45, 7) is 13.4. The van der Waals surface area contributed by atoms with Crippen molar-refractivity contribution in [2.75, 3.05) is 25.6 Å². The third-order valence-electron chi connectivity index (χ3n) is 7.30. The molecule has 0 radical (unpaired) electrons. The maximum Gasteiger partial charge on any atom is 0.331 e. The molecule has 37 heavy (non-hydrogen) atoms. The van der Waals surface area contributed by atoms with E-state index in [2.05, 4.69) is 46.1 Å². The number of nitrogens with one attached hydrogen (secondary N) is 1. The summed E-state index contributed by atoms with van der Waals surface area (Å²) in [5.74, 6) is -0.355. The Balaban J connectivity index is 1.89. The first-order valence-electron chi connectivity index (χ1n) is 12.3. The molecule has 0 saturated carbocycles. The number of ether oxygens (including phenoxy) is 1. The van der Waals surface area contributed by atoms with Gasteiger partial charge >= 0.3 is 5.97 Å². The number of carbonyl (C=O) groups excluding carboxylic acids is 1. The predicted octanol–water partition coefficient (Wildman–Crippen LogP) is 7.26. The Morgan fingerprint density at radius 1 is 1.08 bits per heavy atom. The SMILES string of the molecule is COC(=O)[C@@H](CO[Si](C)(C)C(C)(C)C)n1ccc2c(NCC(C)c3ccc(Cl)c(Cl)c3)cccc2c1=O. The maximum atomic E-state index is 13.5. The number of hydrogen-bond donors (Lipinski definition) is 1. The van der Waals surface area contributed by atoms with Crippen LogP contribution in [0, 0.1) is 0 Å². The molecule has 0 bridgehead atoms. The molecule has 0 aliphatic carbocycles. The fourth-order valence-corrected chi connectivity index (χ4v) is 5.11. The summed E-state index contributed by atoms with van der Waals surface area (Å²) >= 11 is 12.2. The van der Waals surface area contributed by atoms with Gasteiger partial charge in [0.25, 0.3) is 5.56 Å². The van der Waals surface area contributed by atoms with Crippen LogP contribution in [0.15, 0.2) is 53.5 Å². The fourth-order valence-electron chi connectivity index (χ4n) is 3.79. The van der Waals surface area contributed by atoms with Crippen LogP contribution in [-0.2, 0) is 14.0 Å². The number of nitrogens with zero attached hydrogens (tertiary/aromatic N) is 1. The number of aromatic nitrogens is 1. The van der Waals surface area contributed by atoms with E-state index in [-0.39, 0.29) is 23.1 Å². The first-order chi connectivity index (χ1) is 17.3. The van der Waals surface area contributed by atoms with E-state index in [1.54, 1.807) is 18.3 Å². The molecule has 0 saturated heterocycles. The number of hydrogen-bond acceptors (Lipinski definition) is 5. The van der Waals surface area contributed by atoms with Crippen LogP contribution < -0.4 is 10.9 Å². The molecule has 200 valence electrons. The van der Waals surface area contributed by atoms with Crippen molar-refractivity contribution in [2.24, 2.45) is 0 Å². The van der Waals surface area contributed by atoms with Crippen LogP contribution >= 0.6 is 23.2 Å². The van der Waals surface area contributed by atoms with Crippen LogP contribution in [0.1, 0.15) is 45.2 Å². The van der Waals surface area contributed by atoms with Gasteiger partial charge in [-0.1, -0.05) is 63.0 Å². The minimum atomic E-state index is -2.14. The summed E-state index contributed by atoms with van der Waals surface area (Å²) < 4.78 is 12.8. The van der Waals surface area contributed by atoms with Crippen LogP contribution in [0.4, 0.5) is 5.69 Å². The third-order valence-corrected chi connectivity index (χ3v) is 12.5. The third kappa shape index (κ3) is 6.58. The molecule has 2 atom stereocenters. The fraction of sp³-hybridized carbons (Fsp3) is 0.429. The highest BCUT2D eigenvalue weighted by molar-refractivity contribution is 6.74. The number of esters is 1. The van der Waals surface area contributed by atoms with E-state index in [4.69, 9.17) is 32.4 Å². The molecule has 3 rings (SSSR count). The molecule has 1 N–H and O–H groups in total. The Hall–Kier alpha value is -2.32. The number of anilines is 1. The zero-order valence-corrected chi connectivity index (χ0v) is 25.0. The van der Waals surface area contributed by atoms with E-state index >= 15 is 0 Å². The number of methoxy groups -OCH3 is 1. The van der Waals surface area contributed by atoms with Crippen molar-refractivity contribution in [3.63, 3.8) is 0 Å². The molecule has 0 aliphatic rings. The second-order valence-electron chi connectivity index (χ2n) is 10.9. The molecule has 3 aromatic rings. The van der Waals surface area contributed by atoms with E-state index in [0.717, 1.165) is 16.6 Å². The van der Waals surface area contributed by atoms with Crippen molar-refractivity contribution in [2.45, 2.75) is 57.8 Å². The number of carbonyl (C=O) groups is 1. The van der Waals surface area contributed by atoms with Crippen LogP contribution in [0.5, 0.6) is 0 Å². The van der Waals surface area contributed by atoms with Crippen LogP contribution in [0.3, 0.4) is 0 Å². The second-order valence-corrected chi connectivity index (χ2v) is 16.5. The Morgan fingerprint density at radius 3 is 2.41 bits per heavy atom. The molecule has 0 aliphatic heterocycles. The smallest absolute Gasteiger partial charge is 0.331 e. The largest absolute Gasteiger partial charge is 0.467 e.